The fourth-order valence-electron chi connectivity index (χ4n) is 8.12. The van der Waals surface area contributed by atoms with Gasteiger partial charge in [0.05, 0.1) is 22.4 Å². The Balaban J connectivity index is 1.12. The van der Waals surface area contributed by atoms with E-state index in [-0.39, 0.29) is 0 Å². The molecule has 0 bridgehead atoms. The number of rotatable bonds is 7. The van der Waals surface area contributed by atoms with Crippen molar-refractivity contribution in [2.24, 2.45) is 0 Å². The van der Waals surface area contributed by atoms with Gasteiger partial charge in [-0.2, -0.15) is 0 Å². The monoisotopic (exact) mass is 734 g/mol. The first-order chi connectivity index (χ1) is 27.6. The van der Waals surface area contributed by atoms with Crippen molar-refractivity contribution in [3.8, 4) is 39.1 Å². The van der Waals surface area contributed by atoms with Gasteiger partial charge in [-0.3, -0.25) is 0 Å². The minimum Gasteiger partial charge on any atom is -0.309 e. The first-order valence-corrected chi connectivity index (χ1v) is 19.9. The van der Waals surface area contributed by atoms with Gasteiger partial charge in [-0.25, -0.2) is 0 Å². The first-order valence-electron chi connectivity index (χ1n) is 19.0. The molecule has 2 heterocycles. The lowest BCUT2D eigenvalue weighted by atomic mass is 10.00. The summed E-state index contributed by atoms with van der Waals surface area (Å²) in [6, 6.07) is 66.4. The molecule has 10 rings (SSSR count). The lowest BCUT2D eigenvalue weighted by Crippen LogP contribution is -2.15. The Morgan fingerprint density at radius 2 is 1.05 bits per heavy atom. The van der Waals surface area contributed by atoms with Crippen LogP contribution in [0.2, 0.25) is 0 Å². The van der Waals surface area contributed by atoms with Gasteiger partial charge in [-0.1, -0.05) is 152 Å². The van der Waals surface area contributed by atoms with Crippen LogP contribution in [0.1, 0.15) is 11.1 Å². The SMILES string of the molecule is C=C/C=C\c1cc2c(cc1C)Sc1ccc(-c3ccc4c(c3)c3ccccc3n4-c3cccc(-c4ccccc4)c3)cc1N2c1cccc(-c2ccccc2)c1. The first kappa shape index (κ1) is 33.7. The van der Waals surface area contributed by atoms with Crippen LogP contribution in [0, 0.1) is 6.92 Å². The molecule has 1 aromatic heterocycles. The van der Waals surface area contributed by atoms with E-state index in [1.807, 2.05) is 23.9 Å². The predicted molar refractivity (Wildman–Crippen MR) is 240 cm³/mol. The number of nitrogens with zero attached hydrogens (tertiary/aromatic N) is 2. The van der Waals surface area contributed by atoms with E-state index in [4.69, 9.17) is 0 Å². The predicted octanol–water partition coefficient (Wildman–Crippen LogP) is 15.2. The summed E-state index contributed by atoms with van der Waals surface area (Å²) in [5.41, 5.74) is 16.6. The molecule has 1 aliphatic heterocycles. The molecule has 2 nitrogen and oxygen atoms in total. The molecule has 0 amide bonds. The Kier molecular flexibility index (Phi) is 8.50. The molecule has 0 saturated carbocycles. The van der Waals surface area contributed by atoms with Crippen LogP contribution in [0.3, 0.4) is 0 Å². The van der Waals surface area contributed by atoms with Gasteiger partial charge in [0.15, 0.2) is 0 Å². The minimum absolute atomic E-state index is 1.13. The molecule has 0 atom stereocenters. The zero-order valence-electron chi connectivity index (χ0n) is 31.1. The zero-order chi connectivity index (χ0) is 37.6. The number of hydrogen-bond donors (Lipinski definition) is 0. The second-order valence-electron chi connectivity index (χ2n) is 14.3. The van der Waals surface area contributed by atoms with Gasteiger partial charge in [0.25, 0.3) is 0 Å². The Morgan fingerprint density at radius 3 is 1.80 bits per heavy atom. The third-order valence-corrected chi connectivity index (χ3v) is 12.0. The molecule has 0 radical (unpaired) electrons. The van der Waals surface area contributed by atoms with Crippen LogP contribution < -0.4 is 4.90 Å². The van der Waals surface area contributed by atoms with Crippen molar-refractivity contribution >= 4 is 56.7 Å². The molecule has 1 aliphatic rings. The van der Waals surface area contributed by atoms with Crippen molar-refractivity contribution in [1.29, 1.82) is 0 Å². The van der Waals surface area contributed by atoms with E-state index in [0.717, 1.165) is 11.4 Å². The smallest absolute Gasteiger partial charge is 0.0607 e. The topological polar surface area (TPSA) is 8.17 Å². The van der Waals surface area contributed by atoms with Crippen LogP contribution in [-0.4, -0.2) is 4.57 Å². The molecular formula is C53H38N2S. The van der Waals surface area contributed by atoms with Gasteiger partial charge < -0.3 is 9.47 Å². The molecule has 56 heavy (non-hydrogen) atoms. The van der Waals surface area contributed by atoms with E-state index in [0.29, 0.717) is 0 Å². The molecular weight excluding hydrogens is 697 g/mol. The quantitative estimate of drug-likeness (QED) is 0.151. The van der Waals surface area contributed by atoms with E-state index in [1.165, 1.54) is 87.5 Å². The molecule has 9 aromatic rings. The highest BCUT2D eigenvalue weighted by Gasteiger charge is 2.27. The lowest BCUT2D eigenvalue weighted by molar-refractivity contribution is 1.15. The van der Waals surface area contributed by atoms with Crippen molar-refractivity contribution in [3.63, 3.8) is 0 Å². The second-order valence-corrected chi connectivity index (χ2v) is 15.4. The highest BCUT2D eigenvalue weighted by Crippen LogP contribution is 2.53. The largest absolute Gasteiger partial charge is 0.309 e. The number of anilines is 3. The van der Waals surface area contributed by atoms with Gasteiger partial charge in [-0.05, 0) is 118 Å². The third kappa shape index (κ3) is 5.94. The number of aromatic nitrogens is 1. The summed E-state index contributed by atoms with van der Waals surface area (Å²) < 4.78 is 2.41. The number of fused-ring (bicyclic) bond motifs is 5. The molecule has 0 fully saturated rings. The third-order valence-electron chi connectivity index (χ3n) is 10.8. The summed E-state index contributed by atoms with van der Waals surface area (Å²) in [6.07, 6.45) is 6.01. The van der Waals surface area contributed by atoms with Crippen LogP contribution in [0.5, 0.6) is 0 Å². The number of hydrogen-bond acceptors (Lipinski definition) is 2. The normalized spacial score (nSPS) is 12.3. The van der Waals surface area contributed by atoms with Crippen molar-refractivity contribution in [2.45, 2.75) is 16.7 Å². The second kappa shape index (κ2) is 14.1. The molecule has 0 aliphatic carbocycles. The lowest BCUT2D eigenvalue weighted by Gasteiger charge is -2.34. The molecule has 266 valence electrons. The van der Waals surface area contributed by atoms with Gasteiger partial charge in [0.2, 0.25) is 0 Å². The van der Waals surface area contributed by atoms with Crippen LogP contribution >= 0.6 is 11.8 Å². The Morgan fingerprint density at radius 1 is 0.464 bits per heavy atom. The van der Waals surface area contributed by atoms with Crippen LogP contribution in [0.4, 0.5) is 17.1 Å². The average Bonchev–Trinajstić information content (AvgIpc) is 3.59. The van der Waals surface area contributed by atoms with Crippen LogP contribution in [0.15, 0.2) is 211 Å². The maximum atomic E-state index is 3.93. The number of para-hydroxylation sites is 1. The van der Waals surface area contributed by atoms with Gasteiger partial charge in [0.1, 0.15) is 0 Å². The molecule has 0 saturated heterocycles. The highest BCUT2D eigenvalue weighted by atomic mass is 32.2. The van der Waals surface area contributed by atoms with E-state index in [1.54, 1.807) is 0 Å². The summed E-state index contributed by atoms with van der Waals surface area (Å²) in [4.78, 5) is 4.93. The standard InChI is InChI=1S/C53H38N2S/c1-3-4-15-39-34-51-53(30-36(39)2)56-52-29-27-43(35-50(52)55(51)45-23-14-21-41(32-45)38-18-9-6-10-19-38)42-26-28-49-47(33-42)46-24-11-12-25-48(46)54(49)44-22-13-20-40(31-44)37-16-7-5-8-17-37/h3-35H,1H2,2H3/b15-4-. The van der Waals surface area contributed by atoms with E-state index in [9.17, 15) is 0 Å². The van der Waals surface area contributed by atoms with Crippen molar-refractivity contribution in [3.05, 3.63) is 212 Å². The summed E-state index contributed by atoms with van der Waals surface area (Å²) in [7, 11) is 0. The van der Waals surface area contributed by atoms with Crippen molar-refractivity contribution < 1.29 is 0 Å². The van der Waals surface area contributed by atoms with Crippen LogP contribution in [-0.2, 0) is 0 Å². The zero-order valence-corrected chi connectivity index (χ0v) is 31.9. The fourth-order valence-corrected chi connectivity index (χ4v) is 9.24. The van der Waals surface area contributed by atoms with Gasteiger partial charge in [-0.15, -0.1) is 0 Å². The van der Waals surface area contributed by atoms with E-state index in [2.05, 4.69) is 211 Å². The molecule has 0 N–H and O–H groups in total. The summed E-state index contributed by atoms with van der Waals surface area (Å²) in [6.45, 7) is 6.12. The Labute approximate surface area is 332 Å². The van der Waals surface area contributed by atoms with Crippen molar-refractivity contribution in [1.82, 2.24) is 4.57 Å². The van der Waals surface area contributed by atoms with Gasteiger partial charge >= 0.3 is 0 Å². The molecule has 3 heteroatoms. The Bertz CT molecular complexity index is 2970. The summed E-state index contributed by atoms with van der Waals surface area (Å²) in [5.74, 6) is 0. The average molecular weight is 735 g/mol. The number of aryl methyl sites for hydroxylation is 1. The van der Waals surface area contributed by atoms with E-state index >= 15 is 0 Å². The molecule has 8 aromatic carbocycles. The minimum atomic E-state index is 1.13. The highest BCUT2D eigenvalue weighted by molar-refractivity contribution is 7.99. The Hall–Kier alpha value is -6.81. The fraction of sp³-hybridized carbons (Fsp3) is 0.0189. The summed E-state index contributed by atoms with van der Waals surface area (Å²) >= 11 is 1.85. The van der Waals surface area contributed by atoms with E-state index < -0.39 is 0 Å². The molecule has 0 spiro atoms. The number of benzene rings is 8. The van der Waals surface area contributed by atoms with Gasteiger partial charge in [0, 0.05) is 31.9 Å². The maximum absolute atomic E-state index is 3.93. The number of allylic oxidation sites excluding steroid dienone is 2. The van der Waals surface area contributed by atoms with Crippen LogP contribution in [0.25, 0.3) is 66.9 Å². The molecule has 0 unspecified atom stereocenters. The van der Waals surface area contributed by atoms with Crippen molar-refractivity contribution in [2.75, 3.05) is 4.90 Å². The maximum Gasteiger partial charge on any atom is 0.0607 e. The summed E-state index contributed by atoms with van der Waals surface area (Å²) in [5, 5.41) is 2.48.